The van der Waals surface area contributed by atoms with Crippen LogP contribution in [-0.2, 0) is 4.79 Å². The number of carbonyl (C=O) groups is 1. The molecule has 0 spiro atoms. The van der Waals surface area contributed by atoms with Crippen LogP contribution in [0.1, 0.15) is 13.3 Å². The second-order valence-electron chi connectivity index (χ2n) is 4.59. The first kappa shape index (κ1) is 13.4. The number of hydrogen-bond acceptors (Lipinski definition) is 3. The van der Waals surface area contributed by atoms with E-state index in [0.29, 0.717) is 0 Å². The van der Waals surface area contributed by atoms with E-state index in [9.17, 15) is 4.79 Å². The van der Waals surface area contributed by atoms with Crippen molar-refractivity contribution in [3.8, 4) is 0 Å². The standard InChI is InChI=1S/C13H17BrN2O2/c1-9(17)13(18)15-11-6-7-16(8-11)12-4-2-10(14)3-5-12/h2-5,9,11,17H,6-8H2,1H3,(H,15,18). The lowest BCUT2D eigenvalue weighted by molar-refractivity contribution is -0.129. The van der Waals surface area contributed by atoms with Crippen molar-refractivity contribution in [1.29, 1.82) is 0 Å². The first-order chi connectivity index (χ1) is 8.56. The molecule has 5 heteroatoms. The molecule has 98 valence electrons. The molecule has 0 bridgehead atoms. The number of aliphatic hydroxyl groups excluding tert-OH is 1. The Hall–Kier alpha value is -1.07. The summed E-state index contributed by atoms with van der Waals surface area (Å²) in [5.41, 5.74) is 1.16. The first-order valence-corrected chi connectivity index (χ1v) is 6.84. The van der Waals surface area contributed by atoms with Gasteiger partial charge in [-0.05, 0) is 37.6 Å². The van der Waals surface area contributed by atoms with E-state index in [0.717, 1.165) is 29.7 Å². The van der Waals surface area contributed by atoms with Crippen molar-refractivity contribution in [2.45, 2.75) is 25.5 Å². The molecule has 1 saturated heterocycles. The predicted molar refractivity (Wildman–Crippen MR) is 74.6 cm³/mol. The maximum absolute atomic E-state index is 11.4. The van der Waals surface area contributed by atoms with Crippen LogP contribution in [0.3, 0.4) is 0 Å². The van der Waals surface area contributed by atoms with Gasteiger partial charge >= 0.3 is 0 Å². The molecule has 1 aromatic rings. The SMILES string of the molecule is CC(O)C(=O)NC1CCN(c2ccc(Br)cc2)C1. The molecule has 1 amide bonds. The maximum Gasteiger partial charge on any atom is 0.248 e. The summed E-state index contributed by atoms with van der Waals surface area (Å²) < 4.78 is 1.06. The van der Waals surface area contributed by atoms with E-state index < -0.39 is 6.10 Å². The minimum atomic E-state index is -0.938. The van der Waals surface area contributed by atoms with Crippen LogP contribution in [0, 0.1) is 0 Å². The van der Waals surface area contributed by atoms with Gasteiger partial charge in [0.2, 0.25) is 5.91 Å². The number of carbonyl (C=O) groups excluding carboxylic acids is 1. The Bertz CT molecular complexity index is 420. The van der Waals surface area contributed by atoms with Gasteiger partial charge < -0.3 is 15.3 Å². The summed E-state index contributed by atoms with van der Waals surface area (Å²) in [6, 6.07) is 8.26. The number of halogens is 1. The van der Waals surface area contributed by atoms with Gasteiger partial charge in [0.1, 0.15) is 6.10 Å². The van der Waals surface area contributed by atoms with Crippen LogP contribution < -0.4 is 10.2 Å². The summed E-state index contributed by atoms with van der Waals surface area (Å²) in [6.45, 7) is 3.20. The molecule has 0 aromatic heterocycles. The zero-order valence-corrected chi connectivity index (χ0v) is 11.9. The minimum Gasteiger partial charge on any atom is -0.384 e. The van der Waals surface area contributed by atoms with E-state index >= 15 is 0 Å². The molecule has 0 aliphatic carbocycles. The molecule has 1 aliphatic rings. The van der Waals surface area contributed by atoms with Crippen LogP contribution in [0.25, 0.3) is 0 Å². The van der Waals surface area contributed by atoms with Crippen molar-refractivity contribution in [3.63, 3.8) is 0 Å². The van der Waals surface area contributed by atoms with Gasteiger partial charge in [0.15, 0.2) is 0 Å². The van der Waals surface area contributed by atoms with Crippen molar-refractivity contribution in [3.05, 3.63) is 28.7 Å². The van der Waals surface area contributed by atoms with Crippen LogP contribution in [0.15, 0.2) is 28.7 Å². The number of nitrogens with zero attached hydrogens (tertiary/aromatic N) is 1. The van der Waals surface area contributed by atoms with Gasteiger partial charge in [-0.1, -0.05) is 15.9 Å². The fraction of sp³-hybridized carbons (Fsp3) is 0.462. The highest BCUT2D eigenvalue weighted by Gasteiger charge is 2.25. The lowest BCUT2D eigenvalue weighted by Crippen LogP contribution is -2.41. The number of amides is 1. The van der Waals surface area contributed by atoms with Crippen molar-refractivity contribution in [1.82, 2.24) is 5.32 Å². The Kier molecular flexibility index (Phi) is 4.24. The molecule has 0 saturated carbocycles. The Morgan fingerprint density at radius 2 is 2.17 bits per heavy atom. The summed E-state index contributed by atoms with van der Waals surface area (Å²) in [6.07, 6.45) is -0.0270. The van der Waals surface area contributed by atoms with Crippen LogP contribution in [0.5, 0.6) is 0 Å². The molecule has 2 unspecified atom stereocenters. The number of aliphatic hydroxyl groups is 1. The van der Waals surface area contributed by atoms with Gasteiger partial charge in [-0.15, -0.1) is 0 Å². The lowest BCUT2D eigenvalue weighted by Gasteiger charge is -2.19. The third kappa shape index (κ3) is 3.23. The normalized spacial score (nSPS) is 20.8. The molecule has 18 heavy (non-hydrogen) atoms. The van der Waals surface area contributed by atoms with Gasteiger partial charge in [0, 0.05) is 29.3 Å². The van der Waals surface area contributed by atoms with Gasteiger partial charge in [0.25, 0.3) is 0 Å². The molecule has 2 rings (SSSR count). The Balaban J connectivity index is 1.92. The van der Waals surface area contributed by atoms with Gasteiger partial charge in [-0.25, -0.2) is 0 Å². The Labute approximate surface area is 115 Å². The van der Waals surface area contributed by atoms with Crippen LogP contribution in [0.4, 0.5) is 5.69 Å². The molecule has 1 heterocycles. The lowest BCUT2D eigenvalue weighted by atomic mass is 10.2. The van der Waals surface area contributed by atoms with Gasteiger partial charge in [-0.2, -0.15) is 0 Å². The number of nitrogens with one attached hydrogen (secondary N) is 1. The summed E-state index contributed by atoms with van der Waals surface area (Å²) in [5.74, 6) is -0.294. The highest BCUT2D eigenvalue weighted by atomic mass is 79.9. The van der Waals surface area contributed by atoms with E-state index in [1.54, 1.807) is 0 Å². The predicted octanol–water partition coefficient (Wildman–Crippen LogP) is 1.52. The number of anilines is 1. The van der Waals surface area contributed by atoms with Crippen molar-refractivity contribution < 1.29 is 9.90 Å². The third-order valence-corrected chi connectivity index (χ3v) is 3.63. The summed E-state index contributed by atoms with van der Waals surface area (Å²) in [4.78, 5) is 13.6. The fourth-order valence-electron chi connectivity index (χ4n) is 2.09. The second-order valence-corrected chi connectivity index (χ2v) is 5.51. The summed E-state index contributed by atoms with van der Waals surface area (Å²) in [7, 11) is 0. The second kappa shape index (κ2) is 5.71. The Morgan fingerprint density at radius 1 is 1.50 bits per heavy atom. The molecular weight excluding hydrogens is 296 g/mol. The van der Waals surface area contributed by atoms with E-state index in [4.69, 9.17) is 5.11 Å². The zero-order valence-electron chi connectivity index (χ0n) is 10.3. The number of hydrogen-bond donors (Lipinski definition) is 2. The van der Waals surface area contributed by atoms with Gasteiger partial charge in [-0.3, -0.25) is 4.79 Å². The van der Waals surface area contributed by atoms with Gasteiger partial charge in [0.05, 0.1) is 0 Å². The topological polar surface area (TPSA) is 52.6 Å². The van der Waals surface area contributed by atoms with E-state index in [-0.39, 0.29) is 11.9 Å². The molecule has 0 radical (unpaired) electrons. The monoisotopic (exact) mass is 312 g/mol. The van der Waals surface area contributed by atoms with Crippen LogP contribution >= 0.6 is 15.9 Å². The van der Waals surface area contributed by atoms with E-state index in [1.165, 1.54) is 6.92 Å². The zero-order chi connectivity index (χ0) is 13.1. The van der Waals surface area contributed by atoms with Crippen molar-refractivity contribution in [2.24, 2.45) is 0 Å². The minimum absolute atomic E-state index is 0.121. The molecule has 2 atom stereocenters. The molecule has 2 N–H and O–H groups in total. The van der Waals surface area contributed by atoms with E-state index in [1.807, 2.05) is 12.1 Å². The summed E-state index contributed by atoms with van der Waals surface area (Å²) >= 11 is 3.41. The number of rotatable bonds is 3. The smallest absolute Gasteiger partial charge is 0.248 e. The quantitative estimate of drug-likeness (QED) is 0.890. The average Bonchev–Trinajstić information content (AvgIpc) is 2.78. The highest BCUT2D eigenvalue weighted by Crippen LogP contribution is 2.22. The molecular formula is C13H17BrN2O2. The molecule has 4 nitrogen and oxygen atoms in total. The molecule has 1 aliphatic heterocycles. The van der Waals surface area contributed by atoms with Crippen LogP contribution in [-0.4, -0.2) is 36.2 Å². The average molecular weight is 313 g/mol. The highest BCUT2D eigenvalue weighted by molar-refractivity contribution is 9.10. The Morgan fingerprint density at radius 3 is 2.78 bits per heavy atom. The molecule has 1 fully saturated rings. The third-order valence-electron chi connectivity index (χ3n) is 3.11. The number of benzene rings is 1. The fourth-order valence-corrected chi connectivity index (χ4v) is 2.35. The van der Waals surface area contributed by atoms with Crippen LogP contribution in [0.2, 0.25) is 0 Å². The van der Waals surface area contributed by atoms with Crippen molar-refractivity contribution >= 4 is 27.5 Å². The van der Waals surface area contributed by atoms with E-state index in [2.05, 4.69) is 38.3 Å². The summed E-state index contributed by atoms with van der Waals surface area (Å²) in [5, 5.41) is 12.0. The van der Waals surface area contributed by atoms with Crippen molar-refractivity contribution in [2.75, 3.05) is 18.0 Å². The molecule has 1 aromatic carbocycles. The maximum atomic E-state index is 11.4. The largest absolute Gasteiger partial charge is 0.384 e. The first-order valence-electron chi connectivity index (χ1n) is 6.05.